The van der Waals surface area contributed by atoms with Crippen molar-refractivity contribution in [1.82, 2.24) is 15.3 Å². The Kier molecular flexibility index (Phi) is 3.70. The highest BCUT2D eigenvalue weighted by atomic mass is 19.1. The zero-order valence-corrected chi connectivity index (χ0v) is 10.4. The van der Waals surface area contributed by atoms with Gasteiger partial charge in [0.2, 0.25) is 5.95 Å². The van der Waals surface area contributed by atoms with Crippen molar-refractivity contribution in [1.29, 1.82) is 0 Å². The number of amides is 1. The maximum atomic E-state index is 13.4. The molecular formula is C13H13FN4O. The number of aryl methyl sites for hydroxylation is 1. The number of benzene rings is 1. The Bertz CT molecular complexity index is 595. The van der Waals surface area contributed by atoms with Crippen molar-refractivity contribution in [2.45, 2.75) is 13.5 Å². The Morgan fingerprint density at radius 1 is 1.37 bits per heavy atom. The van der Waals surface area contributed by atoms with Crippen molar-refractivity contribution in [3.05, 3.63) is 53.1 Å². The lowest BCUT2D eigenvalue weighted by atomic mass is 10.2. The standard InChI is InChI=1S/C13H13FN4O/c1-8-6-11(18-13(15)17-8)12(19)16-7-9-4-2-3-5-10(9)14/h2-6H,7H2,1H3,(H,16,19)(H2,15,17,18). The van der Waals surface area contributed by atoms with Crippen molar-refractivity contribution >= 4 is 11.9 Å². The second kappa shape index (κ2) is 5.43. The average Bonchev–Trinajstić information content (AvgIpc) is 2.36. The van der Waals surface area contributed by atoms with Crippen LogP contribution in [-0.2, 0) is 6.54 Å². The Morgan fingerprint density at radius 2 is 2.11 bits per heavy atom. The first-order chi connectivity index (χ1) is 9.06. The van der Waals surface area contributed by atoms with Crippen LogP contribution < -0.4 is 11.1 Å². The molecule has 1 aromatic heterocycles. The third-order valence-corrected chi connectivity index (χ3v) is 2.50. The first-order valence-corrected chi connectivity index (χ1v) is 5.69. The van der Waals surface area contributed by atoms with E-state index in [-0.39, 0.29) is 24.0 Å². The van der Waals surface area contributed by atoms with Gasteiger partial charge in [-0.2, -0.15) is 0 Å². The second-order valence-electron chi connectivity index (χ2n) is 4.03. The summed E-state index contributed by atoms with van der Waals surface area (Å²) in [5.41, 5.74) is 6.65. The summed E-state index contributed by atoms with van der Waals surface area (Å²) in [4.78, 5) is 19.6. The number of carbonyl (C=O) groups excluding carboxylic acids is 1. The third kappa shape index (κ3) is 3.25. The maximum absolute atomic E-state index is 13.4. The van der Waals surface area contributed by atoms with E-state index in [2.05, 4.69) is 15.3 Å². The predicted octanol–water partition coefficient (Wildman–Crippen LogP) is 1.44. The number of halogens is 1. The van der Waals surface area contributed by atoms with Gasteiger partial charge >= 0.3 is 0 Å². The highest BCUT2D eigenvalue weighted by Gasteiger charge is 2.10. The van der Waals surface area contributed by atoms with E-state index in [1.165, 1.54) is 12.1 Å². The van der Waals surface area contributed by atoms with E-state index in [0.29, 0.717) is 11.3 Å². The molecule has 98 valence electrons. The Balaban J connectivity index is 2.08. The fraction of sp³-hybridized carbons (Fsp3) is 0.154. The summed E-state index contributed by atoms with van der Waals surface area (Å²) in [7, 11) is 0. The van der Waals surface area contributed by atoms with Crippen LogP contribution in [0.2, 0.25) is 0 Å². The molecule has 0 atom stereocenters. The molecule has 19 heavy (non-hydrogen) atoms. The molecule has 0 spiro atoms. The number of nitrogen functional groups attached to an aromatic ring is 1. The summed E-state index contributed by atoms with van der Waals surface area (Å²) < 4.78 is 13.4. The molecule has 1 amide bonds. The van der Waals surface area contributed by atoms with Crippen LogP contribution in [0, 0.1) is 12.7 Å². The van der Waals surface area contributed by atoms with Crippen molar-refractivity contribution in [3.63, 3.8) is 0 Å². The number of hydrogen-bond donors (Lipinski definition) is 2. The van der Waals surface area contributed by atoms with Crippen LogP contribution in [0.25, 0.3) is 0 Å². The molecule has 6 heteroatoms. The fourth-order valence-electron chi connectivity index (χ4n) is 1.62. The molecule has 2 aromatic rings. The first kappa shape index (κ1) is 12.9. The van der Waals surface area contributed by atoms with Crippen LogP contribution in [0.5, 0.6) is 0 Å². The first-order valence-electron chi connectivity index (χ1n) is 5.69. The molecule has 0 bridgehead atoms. The van der Waals surface area contributed by atoms with Gasteiger partial charge in [0.1, 0.15) is 11.5 Å². The molecule has 1 aromatic carbocycles. The lowest BCUT2D eigenvalue weighted by Gasteiger charge is -2.06. The van der Waals surface area contributed by atoms with Gasteiger partial charge in [-0.3, -0.25) is 4.79 Å². The summed E-state index contributed by atoms with van der Waals surface area (Å²) in [5.74, 6) is -0.738. The second-order valence-corrected chi connectivity index (χ2v) is 4.03. The van der Waals surface area contributed by atoms with Crippen LogP contribution in [0.15, 0.2) is 30.3 Å². The number of nitrogens with one attached hydrogen (secondary N) is 1. The lowest BCUT2D eigenvalue weighted by molar-refractivity contribution is 0.0945. The normalized spacial score (nSPS) is 10.2. The molecule has 5 nitrogen and oxygen atoms in total. The van der Waals surface area contributed by atoms with Gasteiger partial charge in [-0.05, 0) is 19.1 Å². The SMILES string of the molecule is Cc1cc(C(=O)NCc2ccccc2F)nc(N)n1. The zero-order valence-electron chi connectivity index (χ0n) is 10.4. The van der Waals surface area contributed by atoms with E-state index in [4.69, 9.17) is 5.73 Å². The van der Waals surface area contributed by atoms with Gasteiger partial charge in [0.15, 0.2) is 0 Å². The summed E-state index contributed by atoms with van der Waals surface area (Å²) in [6.45, 7) is 1.81. The van der Waals surface area contributed by atoms with Gasteiger partial charge in [0, 0.05) is 17.8 Å². The van der Waals surface area contributed by atoms with Crippen molar-refractivity contribution in [2.75, 3.05) is 5.73 Å². The number of hydrogen-bond acceptors (Lipinski definition) is 4. The van der Waals surface area contributed by atoms with Crippen LogP contribution >= 0.6 is 0 Å². The van der Waals surface area contributed by atoms with E-state index in [1.807, 2.05) is 0 Å². The minimum atomic E-state index is -0.416. The number of anilines is 1. The molecule has 0 fully saturated rings. The topological polar surface area (TPSA) is 80.9 Å². The highest BCUT2D eigenvalue weighted by molar-refractivity contribution is 5.92. The van der Waals surface area contributed by atoms with Crippen LogP contribution in [-0.4, -0.2) is 15.9 Å². The maximum Gasteiger partial charge on any atom is 0.270 e. The quantitative estimate of drug-likeness (QED) is 0.875. The monoisotopic (exact) mass is 260 g/mol. The van der Waals surface area contributed by atoms with Crippen LogP contribution in [0.3, 0.4) is 0 Å². The van der Waals surface area contributed by atoms with E-state index in [1.54, 1.807) is 25.1 Å². The molecule has 0 saturated carbocycles. The molecule has 0 aliphatic heterocycles. The molecule has 0 radical (unpaired) electrons. The summed E-state index contributed by atoms with van der Waals surface area (Å²) in [6, 6.07) is 7.77. The number of aromatic nitrogens is 2. The van der Waals surface area contributed by atoms with E-state index in [0.717, 1.165) is 0 Å². The largest absolute Gasteiger partial charge is 0.368 e. The van der Waals surface area contributed by atoms with E-state index in [9.17, 15) is 9.18 Å². The Hall–Kier alpha value is -2.50. The van der Waals surface area contributed by atoms with E-state index < -0.39 is 5.91 Å². The predicted molar refractivity (Wildman–Crippen MR) is 68.8 cm³/mol. The average molecular weight is 260 g/mol. The molecule has 0 saturated heterocycles. The van der Waals surface area contributed by atoms with E-state index >= 15 is 0 Å². The zero-order chi connectivity index (χ0) is 13.8. The minimum Gasteiger partial charge on any atom is -0.368 e. The number of nitrogens with zero attached hydrogens (tertiary/aromatic N) is 2. The van der Waals surface area contributed by atoms with Crippen LogP contribution in [0.4, 0.5) is 10.3 Å². The molecular weight excluding hydrogens is 247 g/mol. The van der Waals surface area contributed by atoms with Gasteiger partial charge in [-0.25, -0.2) is 14.4 Å². The highest BCUT2D eigenvalue weighted by Crippen LogP contribution is 2.07. The van der Waals surface area contributed by atoms with Gasteiger partial charge in [-0.15, -0.1) is 0 Å². The van der Waals surface area contributed by atoms with Crippen molar-refractivity contribution in [3.8, 4) is 0 Å². The smallest absolute Gasteiger partial charge is 0.270 e. The fourth-order valence-corrected chi connectivity index (χ4v) is 1.62. The molecule has 0 aliphatic carbocycles. The van der Waals surface area contributed by atoms with Gasteiger partial charge in [0.05, 0.1) is 0 Å². The van der Waals surface area contributed by atoms with Crippen LogP contribution in [0.1, 0.15) is 21.7 Å². The molecule has 3 N–H and O–H groups in total. The van der Waals surface area contributed by atoms with Gasteiger partial charge < -0.3 is 11.1 Å². The molecule has 0 unspecified atom stereocenters. The summed E-state index contributed by atoms with van der Waals surface area (Å²) in [6.07, 6.45) is 0. The van der Waals surface area contributed by atoms with Crippen molar-refractivity contribution in [2.24, 2.45) is 0 Å². The minimum absolute atomic E-state index is 0.0380. The molecule has 0 aliphatic rings. The molecule has 1 heterocycles. The molecule has 2 rings (SSSR count). The number of rotatable bonds is 3. The van der Waals surface area contributed by atoms with Gasteiger partial charge in [-0.1, -0.05) is 18.2 Å². The summed E-state index contributed by atoms with van der Waals surface area (Å²) >= 11 is 0. The Labute approximate surface area is 109 Å². The van der Waals surface area contributed by atoms with Crippen molar-refractivity contribution < 1.29 is 9.18 Å². The Morgan fingerprint density at radius 3 is 2.79 bits per heavy atom. The third-order valence-electron chi connectivity index (χ3n) is 2.50. The summed E-state index contributed by atoms with van der Waals surface area (Å²) in [5, 5.41) is 2.59. The lowest BCUT2D eigenvalue weighted by Crippen LogP contribution is -2.25. The van der Waals surface area contributed by atoms with Gasteiger partial charge in [0.25, 0.3) is 5.91 Å². The number of carbonyl (C=O) groups is 1. The number of nitrogens with two attached hydrogens (primary N) is 1.